The zero-order chi connectivity index (χ0) is 23.3. The molecule has 172 valence electrons. The van der Waals surface area contributed by atoms with Gasteiger partial charge in [0.1, 0.15) is 5.82 Å². The number of benzene rings is 1. The molecule has 1 aromatic carbocycles. The molecule has 0 saturated carbocycles. The van der Waals surface area contributed by atoms with Crippen LogP contribution < -0.4 is 5.32 Å². The van der Waals surface area contributed by atoms with Gasteiger partial charge in [-0.3, -0.25) is 9.78 Å². The molecule has 0 aliphatic rings. The summed E-state index contributed by atoms with van der Waals surface area (Å²) in [5.74, 6) is 0.710. The summed E-state index contributed by atoms with van der Waals surface area (Å²) in [4.78, 5) is 21.7. The highest BCUT2D eigenvalue weighted by atomic mass is 32.2. The Labute approximate surface area is 189 Å². The number of aromatic nitrogens is 3. The first-order chi connectivity index (χ1) is 15.2. The van der Waals surface area contributed by atoms with E-state index in [0.717, 1.165) is 36.4 Å². The number of fused-ring (bicyclic) bond motifs is 1. The van der Waals surface area contributed by atoms with Gasteiger partial charge < -0.3 is 9.88 Å². The number of amides is 1. The van der Waals surface area contributed by atoms with Crippen LogP contribution in [0.1, 0.15) is 50.7 Å². The first-order valence-corrected chi connectivity index (χ1v) is 12.3. The second-order valence-corrected chi connectivity index (χ2v) is 10.2. The van der Waals surface area contributed by atoms with E-state index >= 15 is 0 Å². The van der Waals surface area contributed by atoms with E-state index in [2.05, 4.69) is 21.8 Å². The van der Waals surface area contributed by atoms with Crippen LogP contribution in [-0.4, -0.2) is 47.3 Å². The van der Waals surface area contributed by atoms with Gasteiger partial charge in [0.25, 0.3) is 0 Å². The number of carbonyl (C=O) groups is 1. The van der Waals surface area contributed by atoms with Crippen molar-refractivity contribution in [2.24, 2.45) is 0 Å². The maximum atomic E-state index is 12.5. The Morgan fingerprint density at radius 3 is 2.66 bits per heavy atom. The van der Waals surface area contributed by atoms with Crippen LogP contribution >= 0.6 is 0 Å². The summed E-state index contributed by atoms with van der Waals surface area (Å²) >= 11 is 0. The maximum absolute atomic E-state index is 12.5. The Balaban J connectivity index is 1.80. The van der Waals surface area contributed by atoms with Crippen molar-refractivity contribution >= 4 is 27.0 Å². The fourth-order valence-corrected chi connectivity index (χ4v) is 4.45. The number of carbonyl (C=O) groups excluding carboxylic acids is 1. The van der Waals surface area contributed by atoms with E-state index in [1.807, 2.05) is 25.1 Å². The normalized spacial score (nSPS) is 12.9. The topological polar surface area (TPSA) is 97.2 Å². The van der Waals surface area contributed by atoms with Crippen LogP contribution in [0.5, 0.6) is 0 Å². The minimum absolute atomic E-state index is 0.0758. The molecule has 32 heavy (non-hydrogen) atoms. The predicted octanol–water partition coefficient (Wildman–Crippen LogP) is 3.29. The lowest BCUT2D eigenvalue weighted by atomic mass is 10.2. The van der Waals surface area contributed by atoms with Crippen LogP contribution in [0.25, 0.3) is 11.0 Å². The molecule has 2 heterocycles. The molecule has 0 saturated heterocycles. The van der Waals surface area contributed by atoms with Crippen LogP contribution in [0, 0.1) is 0 Å². The number of imidazole rings is 1. The number of pyridine rings is 1. The van der Waals surface area contributed by atoms with Crippen molar-refractivity contribution in [2.75, 3.05) is 14.1 Å². The third kappa shape index (κ3) is 5.34. The summed E-state index contributed by atoms with van der Waals surface area (Å²) in [5.41, 5.74) is 2.32. The molecule has 8 nitrogen and oxygen atoms in total. The first-order valence-electron chi connectivity index (χ1n) is 10.9. The van der Waals surface area contributed by atoms with Crippen molar-refractivity contribution in [3.63, 3.8) is 0 Å². The molecular formula is C23H31N5O3S. The lowest BCUT2D eigenvalue weighted by molar-refractivity contribution is -0.121. The molecular weight excluding hydrogens is 426 g/mol. The Kier molecular flexibility index (Phi) is 7.63. The largest absolute Gasteiger partial charge is 0.348 e. The van der Waals surface area contributed by atoms with Gasteiger partial charge >= 0.3 is 0 Å². The van der Waals surface area contributed by atoms with Crippen molar-refractivity contribution in [1.82, 2.24) is 24.2 Å². The Morgan fingerprint density at radius 1 is 1.22 bits per heavy atom. The molecule has 1 unspecified atom stereocenters. The second kappa shape index (κ2) is 10.2. The lowest BCUT2D eigenvalue weighted by Crippen LogP contribution is -2.27. The van der Waals surface area contributed by atoms with Gasteiger partial charge in [-0.25, -0.2) is 17.7 Å². The molecule has 2 aromatic heterocycles. The third-order valence-electron chi connectivity index (χ3n) is 5.40. The van der Waals surface area contributed by atoms with Crippen LogP contribution in [0.4, 0.5) is 0 Å². The van der Waals surface area contributed by atoms with E-state index in [9.17, 15) is 13.2 Å². The molecule has 3 rings (SSSR count). The SMILES string of the molecule is CCCCn1c(CCC(=O)NC(C)c2ccccn2)nc2cc(S(=O)(=O)N(C)C)ccc21. The van der Waals surface area contributed by atoms with E-state index < -0.39 is 10.0 Å². The second-order valence-electron chi connectivity index (χ2n) is 8.01. The number of hydrogen-bond donors (Lipinski definition) is 1. The number of sulfonamides is 1. The maximum Gasteiger partial charge on any atom is 0.242 e. The summed E-state index contributed by atoms with van der Waals surface area (Å²) in [7, 11) is -0.522. The molecule has 3 aromatic rings. The zero-order valence-corrected chi connectivity index (χ0v) is 19.9. The van der Waals surface area contributed by atoms with Gasteiger partial charge in [0.15, 0.2) is 0 Å². The number of aryl methyl sites for hydroxylation is 2. The van der Waals surface area contributed by atoms with Crippen molar-refractivity contribution in [2.45, 2.75) is 57.0 Å². The van der Waals surface area contributed by atoms with Crippen LogP contribution in [0.3, 0.4) is 0 Å². The van der Waals surface area contributed by atoms with Gasteiger partial charge in [-0.15, -0.1) is 0 Å². The minimum atomic E-state index is -3.54. The number of unbranched alkanes of at least 4 members (excludes halogenated alkanes) is 1. The molecule has 0 radical (unpaired) electrons. The average molecular weight is 458 g/mol. The molecule has 1 amide bonds. The van der Waals surface area contributed by atoms with Gasteiger partial charge in [-0.1, -0.05) is 19.4 Å². The van der Waals surface area contributed by atoms with Gasteiger partial charge in [0.2, 0.25) is 15.9 Å². The van der Waals surface area contributed by atoms with Crippen LogP contribution in [-0.2, 0) is 27.8 Å². The lowest BCUT2D eigenvalue weighted by Gasteiger charge is -2.13. The third-order valence-corrected chi connectivity index (χ3v) is 7.21. The molecule has 1 N–H and O–H groups in total. The van der Waals surface area contributed by atoms with E-state index in [0.29, 0.717) is 11.9 Å². The van der Waals surface area contributed by atoms with Gasteiger partial charge in [-0.05, 0) is 43.7 Å². The first kappa shape index (κ1) is 23.9. The van der Waals surface area contributed by atoms with E-state index in [-0.39, 0.29) is 23.3 Å². The summed E-state index contributed by atoms with van der Waals surface area (Å²) in [6, 6.07) is 10.5. The number of nitrogens with one attached hydrogen (secondary N) is 1. The average Bonchev–Trinajstić information content (AvgIpc) is 3.13. The summed E-state index contributed by atoms with van der Waals surface area (Å²) in [6.45, 7) is 4.80. The van der Waals surface area contributed by atoms with Gasteiger partial charge in [-0.2, -0.15) is 0 Å². The highest BCUT2D eigenvalue weighted by molar-refractivity contribution is 7.89. The fraction of sp³-hybridized carbons (Fsp3) is 0.435. The highest BCUT2D eigenvalue weighted by Crippen LogP contribution is 2.23. The summed E-state index contributed by atoms with van der Waals surface area (Å²) in [6.07, 6.45) is 4.45. The molecule has 1 atom stereocenters. The highest BCUT2D eigenvalue weighted by Gasteiger charge is 2.20. The Hall–Kier alpha value is -2.78. The van der Waals surface area contributed by atoms with E-state index in [1.165, 1.54) is 18.4 Å². The van der Waals surface area contributed by atoms with Gasteiger partial charge in [0.05, 0.1) is 27.7 Å². The number of nitrogens with zero attached hydrogens (tertiary/aromatic N) is 4. The monoisotopic (exact) mass is 457 g/mol. The van der Waals surface area contributed by atoms with Crippen molar-refractivity contribution in [1.29, 1.82) is 0 Å². The van der Waals surface area contributed by atoms with Crippen molar-refractivity contribution in [3.05, 3.63) is 54.1 Å². The molecule has 9 heteroatoms. The van der Waals surface area contributed by atoms with Gasteiger partial charge in [0, 0.05) is 39.7 Å². The molecule has 0 aliphatic heterocycles. The molecule has 0 bridgehead atoms. The molecule has 0 fully saturated rings. The quantitative estimate of drug-likeness (QED) is 0.504. The number of hydrogen-bond acceptors (Lipinski definition) is 5. The van der Waals surface area contributed by atoms with Crippen LogP contribution in [0.15, 0.2) is 47.5 Å². The summed E-state index contributed by atoms with van der Waals surface area (Å²) < 4.78 is 28.3. The number of rotatable bonds is 10. The summed E-state index contributed by atoms with van der Waals surface area (Å²) in [5, 5.41) is 2.98. The Bertz CT molecular complexity index is 1170. The molecule has 0 spiro atoms. The Morgan fingerprint density at radius 2 is 2.00 bits per heavy atom. The molecule has 0 aliphatic carbocycles. The minimum Gasteiger partial charge on any atom is -0.348 e. The van der Waals surface area contributed by atoms with E-state index in [4.69, 9.17) is 4.98 Å². The predicted molar refractivity (Wildman–Crippen MR) is 125 cm³/mol. The van der Waals surface area contributed by atoms with Crippen LogP contribution in [0.2, 0.25) is 0 Å². The van der Waals surface area contributed by atoms with E-state index in [1.54, 1.807) is 24.4 Å². The smallest absolute Gasteiger partial charge is 0.242 e. The standard InChI is InChI=1S/C23H31N5O3S/c1-5-6-15-28-21-11-10-18(32(30,31)27(3)4)16-20(21)26-22(28)12-13-23(29)25-17(2)19-9-7-8-14-24-19/h7-11,14,16-17H,5-6,12-13,15H2,1-4H3,(H,25,29). The van der Waals surface area contributed by atoms with Crippen molar-refractivity contribution in [3.8, 4) is 0 Å². The fourth-order valence-electron chi connectivity index (χ4n) is 3.53. The van der Waals surface area contributed by atoms with Crippen molar-refractivity contribution < 1.29 is 13.2 Å². The zero-order valence-electron chi connectivity index (χ0n) is 19.1.